The second-order valence-electron chi connectivity index (χ2n) is 6.70. The number of nitrogens with zero attached hydrogens (tertiary/aromatic N) is 7. The molecule has 28 heavy (non-hydrogen) atoms. The van der Waals surface area contributed by atoms with Crippen LogP contribution in [0.5, 0.6) is 0 Å². The molecule has 4 heterocycles. The van der Waals surface area contributed by atoms with Crippen molar-refractivity contribution in [3.63, 3.8) is 0 Å². The van der Waals surface area contributed by atoms with Crippen molar-refractivity contribution in [3.8, 4) is 5.82 Å². The molecule has 0 unspecified atom stereocenters. The van der Waals surface area contributed by atoms with E-state index in [-0.39, 0.29) is 18.0 Å². The minimum Gasteiger partial charge on any atom is -0.352 e. The summed E-state index contributed by atoms with van der Waals surface area (Å²) in [6.07, 6.45) is 5.26. The van der Waals surface area contributed by atoms with E-state index in [2.05, 4.69) is 20.1 Å². The van der Waals surface area contributed by atoms with E-state index in [1.807, 2.05) is 41.2 Å². The van der Waals surface area contributed by atoms with Crippen LogP contribution in [0.1, 0.15) is 5.69 Å². The average Bonchev–Trinajstić information content (AvgIpc) is 3.25. The van der Waals surface area contributed by atoms with E-state index in [0.717, 1.165) is 11.6 Å². The first-order valence-corrected chi connectivity index (χ1v) is 9.13. The fraction of sp³-hybridized carbons (Fsp3) is 0.316. The molecule has 0 radical (unpaired) electrons. The average molecular weight is 379 g/mol. The van der Waals surface area contributed by atoms with Crippen molar-refractivity contribution >= 4 is 11.7 Å². The number of hydrogen-bond donors (Lipinski definition) is 0. The van der Waals surface area contributed by atoms with Gasteiger partial charge >= 0.3 is 0 Å². The van der Waals surface area contributed by atoms with Crippen LogP contribution < -0.4 is 10.5 Å². The normalized spacial score (nSPS) is 14.3. The van der Waals surface area contributed by atoms with Crippen molar-refractivity contribution in [2.24, 2.45) is 0 Å². The first-order valence-electron chi connectivity index (χ1n) is 9.13. The number of carbonyl (C=O) groups is 1. The Morgan fingerprint density at radius 2 is 1.71 bits per heavy atom. The van der Waals surface area contributed by atoms with Crippen molar-refractivity contribution < 1.29 is 4.79 Å². The summed E-state index contributed by atoms with van der Waals surface area (Å²) in [7, 11) is 0. The highest BCUT2D eigenvalue weighted by atomic mass is 16.2. The second-order valence-corrected chi connectivity index (χ2v) is 6.70. The molecule has 3 aromatic heterocycles. The first kappa shape index (κ1) is 17.9. The zero-order valence-electron chi connectivity index (χ0n) is 15.6. The van der Waals surface area contributed by atoms with E-state index in [1.54, 1.807) is 11.8 Å². The maximum atomic E-state index is 12.5. The summed E-state index contributed by atoms with van der Waals surface area (Å²) in [6, 6.07) is 9.18. The smallest absolute Gasteiger partial charge is 0.253 e. The number of hydrogen-bond acceptors (Lipinski definition) is 6. The van der Waals surface area contributed by atoms with Gasteiger partial charge in [-0.15, -0.1) is 10.2 Å². The van der Waals surface area contributed by atoms with E-state index >= 15 is 0 Å². The van der Waals surface area contributed by atoms with Crippen LogP contribution in [0, 0.1) is 6.92 Å². The van der Waals surface area contributed by atoms with Gasteiger partial charge in [-0.2, -0.15) is 0 Å². The van der Waals surface area contributed by atoms with Gasteiger partial charge in [0, 0.05) is 50.3 Å². The van der Waals surface area contributed by atoms with Crippen LogP contribution in [0.15, 0.2) is 53.8 Å². The lowest BCUT2D eigenvalue weighted by atomic mass is 10.3. The van der Waals surface area contributed by atoms with Gasteiger partial charge in [-0.1, -0.05) is 0 Å². The van der Waals surface area contributed by atoms with E-state index in [4.69, 9.17) is 0 Å². The van der Waals surface area contributed by atoms with Gasteiger partial charge in [-0.05, 0) is 31.2 Å². The number of aromatic nitrogens is 5. The number of piperazine rings is 1. The zero-order chi connectivity index (χ0) is 19.5. The molecule has 9 heteroatoms. The van der Waals surface area contributed by atoms with Crippen LogP contribution in [0.25, 0.3) is 5.82 Å². The van der Waals surface area contributed by atoms with Crippen LogP contribution in [-0.2, 0) is 11.3 Å². The largest absolute Gasteiger partial charge is 0.352 e. The quantitative estimate of drug-likeness (QED) is 0.655. The van der Waals surface area contributed by atoms with Gasteiger partial charge in [0.05, 0.1) is 6.33 Å². The molecule has 9 nitrogen and oxygen atoms in total. The molecular weight excluding hydrogens is 358 g/mol. The maximum absolute atomic E-state index is 12.5. The molecule has 1 saturated heterocycles. The van der Waals surface area contributed by atoms with E-state index in [0.29, 0.717) is 31.9 Å². The molecule has 1 aliphatic rings. The third-order valence-corrected chi connectivity index (χ3v) is 4.78. The molecule has 0 spiro atoms. The molecule has 4 rings (SSSR count). The van der Waals surface area contributed by atoms with E-state index < -0.39 is 0 Å². The molecule has 1 fully saturated rings. The third kappa shape index (κ3) is 3.78. The molecule has 0 atom stereocenters. The predicted octanol–water partition coefficient (Wildman–Crippen LogP) is 0.481. The van der Waals surface area contributed by atoms with Gasteiger partial charge < -0.3 is 14.4 Å². The summed E-state index contributed by atoms with van der Waals surface area (Å²) in [5, 5.41) is 8.58. The monoisotopic (exact) mass is 379 g/mol. The summed E-state index contributed by atoms with van der Waals surface area (Å²) in [4.78, 5) is 32.4. The number of aryl methyl sites for hydroxylation is 1. The lowest BCUT2D eigenvalue weighted by molar-refractivity contribution is -0.132. The zero-order valence-corrected chi connectivity index (χ0v) is 15.6. The van der Waals surface area contributed by atoms with Gasteiger partial charge in [0.25, 0.3) is 5.56 Å². The molecule has 144 valence electrons. The predicted molar refractivity (Wildman–Crippen MR) is 103 cm³/mol. The van der Waals surface area contributed by atoms with E-state index in [9.17, 15) is 9.59 Å². The minimum atomic E-state index is -0.211. The Hall–Kier alpha value is -3.49. The fourth-order valence-electron chi connectivity index (χ4n) is 3.18. The Balaban J connectivity index is 1.35. The Morgan fingerprint density at radius 1 is 1.04 bits per heavy atom. The summed E-state index contributed by atoms with van der Waals surface area (Å²) >= 11 is 0. The van der Waals surface area contributed by atoms with E-state index in [1.165, 1.54) is 17.0 Å². The number of rotatable bonds is 4. The molecule has 0 aromatic carbocycles. The van der Waals surface area contributed by atoms with Crippen LogP contribution in [0.3, 0.4) is 0 Å². The Kier molecular flexibility index (Phi) is 4.88. The molecule has 1 aliphatic heterocycles. The molecule has 1 amide bonds. The lowest BCUT2D eigenvalue weighted by Crippen LogP contribution is -2.50. The summed E-state index contributed by atoms with van der Waals surface area (Å²) in [5.74, 6) is 1.48. The Labute approximate surface area is 161 Å². The van der Waals surface area contributed by atoms with Crippen molar-refractivity contribution in [1.82, 2.24) is 29.2 Å². The third-order valence-electron chi connectivity index (χ3n) is 4.78. The number of anilines is 1. The Morgan fingerprint density at radius 3 is 2.36 bits per heavy atom. The first-order chi connectivity index (χ1) is 13.6. The fourth-order valence-corrected chi connectivity index (χ4v) is 3.18. The minimum absolute atomic E-state index is 0.0114. The maximum Gasteiger partial charge on any atom is 0.253 e. The van der Waals surface area contributed by atoms with Gasteiger partial charge in [-0.3, -0.25) is 14.2 Å². The van der Waals surface area contributed by atoms with Gasteiger partial charge in [0.2, 0.25) is 5.91 Å². The number of amides is 1. The van der Waals surface area contributed by atoms with Crippen LogP contribution in [-0.4, -0.2) is 61.3 Å². The number of carbonyl (C=O) groups excluding carboxylic acids is 1. The molecule has 0 N–H and O–H groups in total. The summed E-state index contributed by atoms with van der Waals surface area (Å²) in [5.41, 5.74) is 0.434. The van der Waals surface area contributed by atoms with Crippen molar-refractivity contribution in [3.05, 3.63) is 65.1 Å². The molecule has 0 aliphatic carbocycles. The lowest BCUT2D eigenvalue weighted by Gasteiger charge is -2.35. The Bertz CT molecular complexity index is 1000. The van der Waals surface area contributed by atoms with Gasteiger partial charge in [0.1, 0.15) is 6.54 Å². The summed E-state index contributed by atoms with van der Waals surface area (Å²) < 4.78 is 3.24. The van der Waals surface area contributed by atoms with Crippen LogP contribution in [0.4, 0.5) is 5.82 Å². The highest BCUT2D eigenvalue weighted by molar-refractivity contribution is 5.76. The molecule has 3 aromatic rings. The molecule has 0 bridgehead atoms. The molecular formula is C19H21N7O2. The van der Waals surface area contributed by atoms with Crippen LogP contribution >= 0.6 is 0 Å². The SMILES string of the molecule is Cc1cc(=O)n(CC(=O)N2CCN(c3ccc(-n4cccc4)nn3)CC2)cn1. The summed E-state index contributed by atoms with van der Waals surface area (Å²) in [6.45, 7) is 4.26. The van der Waals surface area contributed by atoms with Gasteiger partial charge in [-0.25, -0.2) is 4.98 Å². The van der Waals surface area contributed by atoms with Crippen molar-refractivity contribution in [2.75, 3.05) is 31.1 Å². The standard InChI is InChI=1S/C19H21N7O2/c1-15-12-18(27)26(14-20-15)13-19(28)25-10-8-24(9-11-25)17-5-4-16(21-22-17)23-6-2-3-7-23/h2-7,12,14H,8-11,13H2,1H3. The van der Waals surface area contributed by atoms with Gasteiger partial charge in [0.15, 0.2) is 11.6 Å². The molecule has 0 saturated carbocycles. The van der Waals surface area contributed by atoms with Crippen molar-refractivity contribution in [2.45, 2.75) is 13.5 Å². The second kappa shape index (κ2) is 7.63. The van der Waals surface area contributed by atoms with Crippen LogP contribution in [0.2, 0.25) is 0 Å². The topological polar surface area (TPSA) is 89.2 Å². The highest BCUT2D eigenvalue weighted by Gasteiger charge is 2.22. The highest BCUT2D eigenvalue weighted by Crippen LogP contribution is 2.14. The van der Waals surface area contributed by atoms with Crippen molar-refractivity contribution in [1.29, 1.82) is 0 Å².